The predicted octanol–water partition coefficient (Wildman–Crippen LogP) is 0.263. The zero-order chi connectivity index (χ0) is 2.71. The van der Waals surface area contributed by atoms with Crippen LogP contribution >= 0.6 is 9.83 Å². The van der Waals surface area contributed by atoms with Crippen LogP contribution < -0.4 is 0 Å². The smallest absolute Gasteiger partial charge is 0.747 e. The molecule has 0 aromatic rings. The molecule has 0 bridgehead atoms. The molecule has 0 fully saturated rings. The molecule has 20 valence electrons. The summed E-state index contributed by atoms with van der Waals surface area (Å²) in [5.74, 6) is 0. The SMILES string of the molecule is [Ca+2].[S-]S[S-]. The monoisotopic (exact) mass is 136 g/mol. The molecule has 0 heterocycles. The van der Waals surface area contributed by atoms with E-state index in [2.05, 4.69) is 23.3 Å². The Morgan fingerprint density at radius 1 is 1.25 bits per heavy atom. The molecule has 4 heteroatoms. The molecule has 0 nitrogen and oxygen atoms in total. The van der Waals surface area contributed by atoms with Crippen molar-refractivity contribution in [2.45, 2.75) is 0 Å². The van der Waals surface area contributed by atoms with Crippen molar-refractivity contribution in [3.63, 3.8) is 0 Å². The Balaban J connectivity index is 0. The van der Waals surface area contributed by atoms with Crippen LogP contribution in [0.25, 0.3) is 0 Å². The fourth-order valence-electron chi connectivity index (χ4n) is 0. The van der Waals surface area contributed by atoms with Gasteiger partial charge in [-0.1, -0.05) is 0 Å². The molecule has 0 aliphatic heterocycles. The van der Waals surface area contributed by atoms with Gasteiger partial charge in [-0.05, 0) is 0 Å². The van der Waals surface area contributed by atoms with Crippen LogP contribution in [-0.4, -0.2) is 37.7 Å². The standard InChI is InChI=1S/Ca.H2S3/c;1-3-2/h;1-2H/q+2;/p-2. The number of hydrogen-bond acceptors (Lipinski definition) is 3. The summed E-state index contributed by atoms with van der Waals surface area (Å²) in [7, 11) is 0.917. The summed E-state index contributed by atoms with van der Waals surface area (Å²) in [6, 6.07) is 0. The zero-order valence-electron chi connectivity index (χ0n) is 1.93. The molecule has 0 saturated carbocycles. The molecule has 0 unspecified atom stereocenters. The van der Waals surface area contributed by atoms with Crippen LogP contribution in [0.3, 0.4) is 0 Å². The second-order valence-corrected chi connectivity index (χ2v) is 1.84. The van der Waals surface area contributed by atoms with Crippen molar-refractivity contribution < 1.29 is 0 Å². The maximum atomic E-state index is 4.12. The van der Waals surface area contributed by atoms with Gasteiger partial charge in [0.25, 0.3) is 0 Å². The van der Waals surface area contributed by atoms with Crippen molar-refractivity contribution in [2.24, 2.45) is 0 Å². The van der Waals surface area contributed by atoms with E-state index in [9.17, 15) is 0 Å². The van der Waals surface area contributed by atoms with Gasteiger partial charge in [0.2, 0.25) is 0 Å². The van der Waals surface area contributed by atoms with Crippen molar-refractivity contribution in [2.75, 3.05) is 0 Å². The van der Waals surface area contributed by atoms with Crippen LogP contribution in [0.5, 0.6) is 0 Å². The summed E-state index contributed by atoms with van der Waals surface area (Å²) < 4.78 is 0. The van der Waals surface area contributed by atoms with Gasteiger partial charge in [0.05, 0.1) is 0 Å². The van der Waals surface area contributed by atoms with Crippen molar-refractivity contribution in [3.05, 3.63) is 0 Å². The molecule has 0 N–H and O–H groups in total. The average molecular weight is 136 g/mol. The van der Waals surface area contributed by atoms with Crippen LogP contribution in [0.15, 0.2) is 0 Å². The number of hydrogen-bond donors (Lipinski definition) is 0. The largest absolute Gasteiger partial charge is 2.00 e. The Kier molecular flexibility index (Phi) is 21.6. The molecule has 0 amide bonds. The Morgan fingerprint density at radius 3 is 1.25 bits per heavy atom. The molecule has 0 aliphatic carbocycles. The number of rotatable bonds is 0. The molecule has 4 heavy (non-hydrogen) atoms. The first-order valence-electron chi connectivity index (χ1n) is 0.333. The summed E-state index contributed by atoms with van der Waals surface area (Å²) in [4.78, 5) is 0. The van der Waals surface area contributed by atoms with E-state index in [1.54, 1.807) is 0 Å². The fourth-order valence-corrected chi connectivity index (χ4v) is 0. The van der Waals surface area contributed by atoms with E-state index in [1.807, 2.05) is 0 Å². The van der Waals surface area contributed by atoms with Crippen molar-refractivity contribution in [1.29, 1.82) is 0 Å². The molecule has 0 aliphatic rings. The third-order valence-corrected chi connectivity index (χ3v) is 0. The van der Waals surface area contributed by atoms with E-state index >= 15 is 0 Å². The molecule has 0 spiro atoms. The van der Waals surface area contributed by atoms with Crippen molar-refractivity contribution >= 4 is 70.9 Å². The quantitative estimate of drug-likeness (QED) is 0.266. The van der Waals surface area contributed by atoms with Gasteiger partial charge in [0.15, 0.2) is 0 Å². The van der Waals surface area contributed by atoms with Gasteiger partial charge in [-0.3, -0.25) is 0 Å². The van der Waals surface area contributed by atoms with E-state index in [4.69, 9.17) is 0 Å². The topological polar surface area (TPSA) is 0 Å². The van der Waals surface area contributed by atoms with Crippen LogP contribution in [0.1, 0.15) is 0 Å². The normalized spacial score (nSPS) is 4.50. The second kappa shape index (κ2) is 9.00. The maximum Gasteiger partial charge on any atom is 2.00 e. The van der Waals surface area contributed by atoms with Crippen molar-refractivity contribution in [3.8, 4) is 0 Å². The van der Waals surface area contributed by atoms with Crippen LogP contribution in [0.2, 0.25) is 0 Å². The summed E-state index contributed by atoms with van der Waals surface area (Å²) in [6.45, 7) is 0. The average Bonchev–Trinajstić information content (AvgIpc) is 0.918. The first-order valence-corrected chi connectivity index (χ1v) is 3.00. The van der Waals surface area contributed by atoms with E-state index < -0.39 is 0 Å². The van der Waals surface area contributed by atoms with Gasteiger partial charge < -0.3 is 33.1 Å². The van der Waals surface area contributed by atoms with Gasteiger partial charge in [-0.15, -0.1) is 0 Å². The molecular weight excluding hydrogens is 136 g/mol. The third-order valence-electron chi connectivity index (χ3n) is 0. The summed E-state index contributed by atoms with van der Waals surface area (Å²) in [6.07, 6.45) is 0. The zero-order valence-corrected chi connectivity index (χ0v) is 6.59. The van der Waals surface area contributed by atoms with E-state index in [0.717, 1.165) is 9.83 Å². The molecule has 0 aromatic carbocycles. The molecule has 0 aromatic heterocycles. The van der Waals surface area contributed by atoms with Gasteiger partial charge in [-0.2, -0.15) is 0 Å². The van der Waals surface area contributed by atoms with Gasteiger partial charge >= 0.3 is 37.7 Å². The first-order chi connectivity index (χ1) is 1.41. The van der Waals surface area contributed by atoms with Crippen molar-refractivity contribution in [1.82, 2.24) is 0 Å². The first kappa shape index (κ1) is 9.58. The molecule has 0 rings (SSSR count). The van der Waals surface area contributed by atoms with Crippen LogP contribution in [0, 0.1) is 0 Å². The van der Waals surface area contributed by atoms with Gasteiger partial charge in [-0.25, -0.2) is 0 Å². The third kappa shape index (κ3) is 8.85. The van der Waals surface area contributed by atoms with Gasteiger partial charge in [0, 0.05) is 0 Å². The molecular formula is CaS3. The van der Waals surface area contributed by atoms with E-state index in [0.29, 0.717) is 0 Å². The second-order valence-electron chi connectivity index (χ2n) is 0.0680. The predicted molar refractivity (Wildman–Crippen MR) is 28.1 cm³/mol. The summed E-state index contributed by atoms with van der Waals surface area (Å²) >= 11 is 8.25. The van der Waals surface area contributed by atoms with E-state index in [-0.39, 0.29) is 37.7 Å². The Labute approximate surface area is 69.7 Å². The minimum Gasteiger partial charge on any atom is -0.747 e. The summed E-state index contributed by atoms with van der Waals surface area (Å²) in [5.41, 5.74) is 0. The molecule has 0 radical (unpaired) electrons. The van der Waals surface area contributed by atoms with Crippen LogP contribution in [0.4, 0.5) is 0 Å². The minimum absolute atomic E-state index is 0. The Hall–Kier alpha value is 2.31. The fraction of sp³-hybridized carbons (Fsp3) is 0. The minimum atomic E-state index is 0. The summed E-state index contributed by atoms with van der Waals surface area (Å²) in [5, 5.41) is 0. The molecule has 0 atom stereocenters. The molecule has 0 saturated heterocycles. The Morgan fingerprint density at radius 2 is 1.25 bits per heavy atom. The van der Waals surface area contributed by atoms with Crippen LogP contribution in [-0.2, 0) is 23.3 Å². The Bertz CT molecular complexity index is 3.25. The van der Waals surface area contributed by atoms with Gasteiger partial charge in [0.1, 0.15) is 0 Å². The van der Waals surface area contributed by atoms with E-state index in [1.165, 1.54) is 0 Å². The maximum absolute atomic E-state index is 4.12.